The van der Waals surface area contributed by atoms with Crippen molar-refractivity contribution in [3.05, 3.63) is 41.5 Å². The maximum absolute atomic E-state index is 13.6. The topological polar surface area (TPSA) is 66.2 Å². The van der Waals surface area contributed by atoms with Crippen molar-refractivity contribution in [3.8, 4) is 23.1 Å². The maximum Gasteiger partial charge on any atom is 0.417 e. The lowest BCUT2D eigenvalue weighted by atomic mass is 10.1. The summed E-state index contributed by atoms with van der Waals surface area (Å²) in [6, 6.07) is 8.90. The highest BCUT2D eigenvalue weighted by Gasteiger charge is 2.36. The highest BCUT2D eigenvalue weighted by Crippen LogP contribution is 2.38. The van der Waals surface area contributed by atoms with Crippen LogP contribution in [0.3, 0.4) is 0 Å². The number of thioether (sulfide) groups is 1. The molecular formula is C20H18F3N3O2S. The highest BCUT2D eigenvalue weighted by molar-refractivity contribution is 8.00. The maximum atomic E-state index is 13.6. The number of likely N-dealkylation sites (tertiary alicyclic amines) is 1. The summed E-state index contributed by atoms with van der Waals surface area (Å²) < 4.78 is 45.8. The molecule has 1 saturated heterocycles. The number of carbonyl (C=O) groups is 1. The minimum Gasteiger partial charge on any atom is -0.497 e. The van der Waals surface area contributed by atoms with Crippen molar-refractivity contribution in [1.82, 2.24) is 9.88 Å². The molecule has 2 heterocycles. The van der Waals surface area contributed by atoms with Crippen LogP contribution in [0.5, 0.6) is 5.75 Å². The molecule has 1 amide bonds. The van der Waals surface area contributed by atoms with E-state index < -0.39 is 17.3 Å². The number of ether oxygens (including phenoxy) is 1. The molecule has 0 unspecified atom stereocenters. The van der Waals surface area contributed by atoms with Crippen LogP contribution < -0.4 is 4.74 Å². The van der Waals surface area contributed by atoms with E-state index in [-0.39, 0.29) is 22.4 Å². The normalized spacial score (nSPS) is 14.0. The molecule has 0 atom stereocenters. The molecule has 0 radical (unpaired) electrons. The summed E-state index contributed by atoms with van der Waals surface area (Å²) in [5.41, 5.74) is -1.09. The molecule has 152 valence electrons. The first-order valence-electron chi connectivity index (χ1n) is 8.91. The van der Waals surface area contributed by atoms with E-state index in [0.29, 0.717) is 24.4 Å². The lowest BCUT2D eigenvalue weighted by Gasteiger charge is -2.16. The van der Waals surface area contributed by atoms with Crippen LogP contribution >= 0.6 is 11.8 Å². The number of aromatic nitrogens is 1. The van der Waals surface area contributed by atoms with Crippen molar-refractivity contribution < 1.29 is 22.7 Å². The Labute approximate surface area is 170 Å². The molecule has 1 aliphatic heterocycles. The molecule has 3 rings (SSSR count). The zero-order valence-corrected chi connectivity index (χ0v) is 16.4. The number of rotatable bonds is 5. The van der Waals surface area contributed by atoms with Gasteiger partial charge in [0.1, 0.15) is 16.8 Å². The summed E-state index contributed by atoms with van der Waals surface area (Å²) in [6.07, 6.45) is -2.88. The van der Waals surface area contributed by atoms with Crippen LogP contribution in [0.2, 0.25) is 0 Å². The van der Waals surface area contributed by atoms with Crippen LogP contribution in [0, 0.1) is 11.3 Å². The van der Waals surface area contributed by atoms with Gasteiger partial charge in [0.15, 0.2) is 0 Å². The zero-order valence-electron chi connectivity index (χ0n) is 15.6. The second-order valence-electron chi connectivity index (χ2n) is 6.45. The Morgan fingerprint density at radius 1 is 1.28 bits per heavy atom. The number of nitrogens with zero attached hydrogens (tertiary/aromatic N) is 3. The van der Waals surface area contributed by atoms with E-state index in [2.05, 4.69) is 4.98 Å². The van der Waals surface area contributed by atoms with E-state index in [9.17, 15) is 23.2 Å². The Balaban J connectivity index is 1.98. The van der Waals surface area contributed by atoms with Crippen LogP contribution in [0.4, 0.5) is 13.2 Å². The van der Waals surface area contributed by atoms with Gasteiger partial charge in [-0.15, -0.1) is 0 Å². The third kappa shape index (κ3) is 4.82. The number of halogens is 3. The largest absolute Gasteiger partial charge is 0.497 e. The summed E-state index contributed by atoms with van der Waals surface area (Å²) >= 11 is 0.864. The Morgan fingerprint density at radius 2 is 1.93 bits per heavy atom. The summed E-state index contributed by atoms with van der Waals surface area (Å²) in [5, 5.41) is 9.26. The molecule has 5 nitrogen and oxygen atoms in total. The molecule has 9 heteroatoms. The van der Waals surface area contributed by atoms with Gasteiger partial charge in [-0.2, -0.15) is 18.4 Å². The number of benzene rings is 1. The average Bonchev–Trinajstić information content (AvgIpc) is 3.25. The molecule has 0 bridgehead atoms. The third-order valence-electron chi connectivity index (χ3n) is 4.58. The number of nitriles is 1. The van der Waals surface area contributed by atoms with Crippen molar-refractivity contribution in [3.63, 3.8) is 0 Å². The molecule has 0 aliphatic carbocycles. The van der Waals surface area contributed by atoms with Crippen LogP contribution in [-0.2, 0) is 11.0 Å². The molecule has 2 aromatic rings. The summed E-state index contributed by atoms with van der Waals surface area (Å²) in [4.78, 5) is 18.2. The highest BCUT2D eigenvalue weighted by atomic mass is 32.2. The number of pyridine rings is 1. The molecule has 1 fully saturated rings. The second-order valence-corrected chi connectivity index (χ2v) is 7.41. The first kappa shape index (κ1) is 21.0. The van der Waals surface area contributed by atoms with Gasteiger partial charge in [0.05, 0.1) is 29.7 Å². The van der Waals surface area contributed by atoms with E-state index >= 15 is 0 Å². The minimum absolute atomic E-state index is 0.0644. The number of carbonyl (C=O) groups excluding carboxylic acids is 1. The van der Waals surface area contributed by atoms with Crippen molar-refractivity contribution >= 4 is 17.7 Å². The molecule has 1 aromatic heterocycles. The summed E-state index contributed by atoms with van der Waals surface area (Å²) in [5.74, 6) is 0.330. The van der Waals surface area contributed by atoms with Crippen LogP contribution in [-0.4, -0.2) is 41.7 Å². The number of amides is 1. The van der Waals surface area contributed by atoms with Gasteiger partial charge >= 0.3 is 6.18 Å². The quantitative estimate of drug-likeness (QED) is 0.671. The summed E-state index contributed by atoms with van der Waals surface area (Å²) in [6.45, 7) is 1.30. The minimum atomic E-state index is -4.72. The van der Waals surface area contributed by atoms with Crippen molar-refractivity contribution in [1.29, 1.82) is 5.26 Å². The van der Waals surface area contributed by atoms with Gasteiger partial charge in [-0.3, -0.25) is 4.79 Å². The van der Waals surface area contributed by atoms with E-state index in [1.807, 2.05) is 0 Å². The molecule has 0 N–H and O–H groups in total. The van der Waals surface area contributed by atoms with Gasteiger partial charge in [0, 0.05) is 18.7 Å². The predicted molar refractivity (Wildman–Crippen MR) is 102 cm³/mol. The van der Waals surface area contributed by atoms with E-state index in [0.717, 1.165) is 30.7 Å². The predicted octanol–water partition coefficient (Wildman–Crippen LogP) is 4.36. The van der Waals surface area contributed by atoms with Crippen LogP contribution in [0.1, 0.15) is 24.0 Å². The van der Waals surface area contributed by atoms with E-state index in [4.69, 9.17) is 4.74 Å². The van der Waals surface area contributed by atoms with Gasteiger partial charge in [-0.25, -0.2) is 4.98 Å². The van der Waals surface area contributed by atoms with Gasteiger partial charge in [-0.1, -0.05) is 11.8 Å². The van der Waals surface area contributed by atoms with Crippen molar-refractivity contribution in [2.45, 2.75) is 24.0 Å². The monoisotopic (exact) mass is 421 g/mol. The average molecular weight is 421 g/mol. The number of hydrogen-bond acceptors (Lipinski definition) is 5. The second kappa shape index (κ2) is 8.74. The zero-order chi connectivity index (χ0) is 21.0. The number of methoxy groups -OCH3 is 1. The molecule has 1 aromatic carbocycles. The van der Waals surface area contributed by atoms with Gasteiger partial charge in [-0.05, 0) is 43.2 Å². The number of hydrogen-bond donors (Lipinski definition) is 0. The van der Waals surface area contributed by atoms with Crippen LogP contribution in [0.15, 0.2) is 35.4 Å². The Morgan fingerprint density at radius 3 is 2.48 bits per heavy atom. The standard InChI is InChI=1S/C20H18F3N3O2S/c1-28-14-6-4-13(5-7-14)17-10-16(20(21,22)23)15(11-24)19(25-17)29-12-18(27)26-8-2-3-9-26/h4-7,10H,2-3,8-9,12H2,1H3. The van der Waals surface area contributed by atoms with Gasteiger partial charge < -0.3 is 9.64 Å². The Kier molecular flexibility index (Phi) is 6.33. The molecular weight excluding hydrogens is 403 g/mol. The number of alkyl halides is 3. The van der Waals surface area contributed by atoms with Crippen molar-refractivity contribution in [2.75, 3.05) is 26.0 Å². The molecule has 0 spiro atoms. The first-order valence-corrected chi connectivity index (χ1v) is 9.89. The lowest BCUT2D eigenvalue weighted by Crippen LogP contribution is -2.29. The summed E-state index contributed by atoms with van der Waals surface area (Å²) in [7, 11) is 1.49. The third-order valence-corrected chi connectivity index (χ3v) is 5.54. The molecule has 1 aliphatic rings. The molecule has 29 heavy (non-hydrogen) atoms. The lowest BCUT2D eigenvalue weighted by molar-refractivity contribution is -0.138. The Bertz CT molecular complexity index is 934. The fraction of sp³-hybridized carbons (Fsp3) is 0.350. The Hall–Kier alpha value is -2.73. The first-order chi connectivity index (χ1) is 13.8. The van der Waals surface area contributed by atoms with Crippen molar-refractivity contribution in [2.24, 2.45) is 0 Å². The fourth-order valence-electron chi connectivity index (χ4n) is 3.06. The SMILES string of the molecule is COc1ccc(-c2cc(C(F)(F)F)c(C#N)c(SCC(=O)N3CCCC3)n2)cc1. The van der Waals surface area contributed by atoms with Gasteiger partial charge in [0.25, 0.3) is 0 Å². The van der Waals surface area contributed by atoms with E-state index in [1.165, 1.54) is 7.11 Å². The van der Waals surface area contributed by atoms with Gasteiger partial charge in [0.2, 0.25) is 5.91 Å². The van der Waals surface area contributed by atoms with E-state index in [1.54, 1.807) is 35.2 Å². The molecule has 0 saturated carbocycles. The fourth-order valence-corrected chi connectivity index (χ4v) is 3.96. The smallest absolute Gasteiger partial charge is 0.417 e. The van der Waals surface area contributed by atoms with Crippen LogP contribution in [0.25, 0.3) is 11.3 Å².